The van der Waals surface area contributed by atoms with Gasteiger partial charge in [0.25, 0.3) is 0 Å². The lowest BCUT2D eigenvalue weighted by Gasteiger charge is -2.18. The van der Waals surface area contributed by atoms with E-state index in [1.54, 1.807) is 39.8 Å². The van der Waals surface area contributed by atoms with Crippen molar-refractivity contribution in [2.45, 2.75) is 20.8 Å². The topological polar surface area (TPSA) is 175 Å². The lowest BCUT2D eigenvalue weighted by molar-refractivity contribution is 0.477. The fraction of sp³-hybridized carbons (Fsp3) is 0.294. The van der Waals surface area contributed by atoms with Crippen LogP contribution in [0.3, 0.4) is 0 Å². The molecule has 4 aromatic rings. The molecule has 0 aliphatic carbocycles. The maximum Gasteiger partial charge on any atom is 0.249 e. The average Bonchev–Trinajstić information content (AvgIpc) is 3.52. The van der Waals surface area contributed by atoms with Gasteiger partial charge in [-0.1, -0.05) is 0 Å². The van der Waals surface area contributed by atoms with Gasteiger partial charge in [0, 0.05) is 48.7 Å². The lowest BCUT2D eigenvalue weighted by atomic mass is 10.1. The number of rotatable bonds is 7. The average molecular weight is 516 g/mol. The van der Waals surface area contributed by atoms with Gasteiger partial charge >= 0.3 is 0 Å². The number of aryl methyl sites for hydroxylation is 3. The van der Waals surface area contributed by atoms with Crippen LogP contribution in [-0.4, -0.2) is 47.3 Å². The van der Waals surface area contributed by atoms with Crippen molar-refractivity contribution in [1.82, 2.24) is 28.1 Å². The first-order valence-electron chi connectivity index (χ1n) is 9.53. The number of phenols is 1. The Labute approximate surface area is 205 Å². The molecule has 0 unspecified atom stereocenters. The van der Waals surface area contributed by atoms with Crippen molar-refractivity contribution in [3.8, 4) is 5.75 Å². The quantitative estimate of drug-likeness (QED) is 0.283. The highest BCUT2D eigenvalue weighted by molar-refractivity contribution is 7.09. The summed E-state index contributed by atoms with van der Waals surface area (Å²) in [5.41, 5.74) is 1.03. The third-order valence-corrected chi connectivity index (χ3v) is 6.00. The van der Waals surface area contributed by atoms with Gasteiger partial charge in [-0.3, -0.25) is 0 Å². The summed E-state index contributed by atoms with van der Waals surface area (Å²) in [6.45, 7) is 5.27. The maximum absolute atomic E-state index is 11.0. The summed E-state index contributed by atoms with van der Waals surface area (Å²) in [4.78, 5) is 14.2. The highest BCUT2D eigenvalue weighted by atomic mass is 32.1. The van der Waals surface area contributed by atoms with Crippen LogP contribution in [0.1, 0.15) is 17.5 Å². The molecule has 0 bridgehead atoms. The number of anilines is 1. The predicted octanol–water partition coefficient (Wildman–Crippen LogP) is 6.18. The molecule has 0 saturated heterocycles. The number of benzene rings is 1. The van der Waals surface area contributed by atoms with Crippen LogP contribution in [0, 0.1) is 20.8 Å². The van der Waals surface area contributed by atoms with Crippen LogP contribution >= 0.6 is 34.6 Å². The molecule has 34 heavy (non-hydrogen) atoms. The first-order valence-corrected chi connectivity index (χ1v) is 11.9. The zero-order valence-corrected chi connectivity index (χ0v) is 21.0. The summed E-state index contributed by atoms with van der Waals surface area (Å²) in [6, 6.07) is 1.54. The van der Waals surface area contributed by atoms with Crippen LogP contribution in [0.25, 0.3) is 0 Å². The summed E-state index contributed by atoms with van der Waals surface area (Å²) >= 11 is 3.29. The second-order valence-electron chi connectivity index (χ2n) is 6.83. The zero-order chi connectivity index (χ0) is 24.2. The van der Waals surface area contributed by atoms with E-state index in [1.165, 1.54) is 6.07 Å². The SMILES string of the molecule is Cc1nsc(N=Nc2cc(N=Nc3nc(C)ns3)c(N(C)C)c(N=Nc3nc(C)ns3)c2O)n1. The number of hydrogen-bond acceptors (Lipinski definition) is 17. The summed E-state index contributed by atoms with van der Waals surface area (Å²) < 4.78 is 12.3. The molecule has 0 saturated carbocycles. The first-order chi connectivity index (χ1) is 16.3. The number of nitrogens with zero attached hydrogens (tertiary/aromatic N) is 13. The molecule has 0 aliphatic heterocycles. The van der Waals surface area contributed by atoms with E-state index in [-0.39, 0.29) is 17.1 Å². The highest BCUT2D eigenvalue weighted by Gasteiger charge is 2.21. The van der Waals surface area contributed by atoms with Gasteiger partial charge in [0.1, 0.15) is 28.8 Å². The van der Waals surface area contributed by atoms with Crippen LogP contribution in [0.2, 0.25) is 0 Å². The molecule has 1 N–H and O–H groups in total. The van der Waals surface area contributed by atoms with Crippen LogP contribution in [-0.2, 0) is 0 Å². The summed E-state index contributed by atoms with van der Waals surface area (Å²) in [6.07, 6.45) is 0. The summed E-state index contributed by atoms with van der Waals surface area (Å²) in [5.74, 6) is 1.51. The monoisotopic (exact) mass is 515 g/mol. The second-order valence-corrected chi connectivity index (χ2v) is 9.02. The van der Waals surface area contributed by atoms with Gasteiger partial charge in [-0.2, -0.15) is 13.1 Å². The molecule has 0 spiro atoms. The molecule has 3 heterocycles. The van der Waals surface area contributed by atoms with Crippen LogP contribution in [0.5, 0.6) is 5.75 Å². The Morgan fingerprint density at radius 3 is 1.53 bits per heavy atom. The van der Waals surface area contributed by atoms with E-state index in [2.05, 4.69) is 58.8 Å². The van der Waals surface area contributed by atoms with E-state index in [0.29, 0.717) is 44.2 Å². The number of hydrogen-bond donors (Lipinski definition) is 1. The molecule has 0 atom stereocenters. The molecule has 4 rings (SSSR count). The Bertz CT molecular complexity index is 1400. The molecule has 0 radical (unpaired) electrons. The molecule has 3 aromatic heterocycles. The number of phenolic OH excluding ortho intramolecular Hbond substituents is 1. The van der Waals surface area contributed by atoms with Crippen molar-refractivity contribution >= 4 is 72.7 Å². The van der Waals surface area contributed by atoms with Crippen molar-refractivity contribution < 1.29 is 5.11 Å². The molecular weight excluding hydrogens is 498 g/mol. The molecule has 0 amide bonds. The van der Waals surface area contributed by atoms with Crippen molar-refractivity contribution in [1.29, 1.82) is 0 Å². The third kappa shape index (κ3) is 5.43. The Hall–Kier alpha value is -3.70. The lowest BCUT2D eigenvalue weighted by Crippen LogP contribution is -2.09. The van der Waals surface area contributed by atoms with Crippen molar-refractivity contribution in [2.75, 3.05) is 19.0 Å². The van der Waals surface area contributed by atoms with E-state index < -0.39 is 0 Å². The molecule has 17 heteroatoms. The second kappa shape index (κ2) is 10.1. The number of aromatic nitrogens is 6. The Morgan fingerprint density at radius 1 is 0.676 bits per heavy atom. The van der Waals surface area contributed by atoms with Gasteiger partial charge in [0.05, 0.1) is 5.69 Å². The maximum atomic E-state index is 11.0. The Kier molecular flexibility index (Phi) is 6.94. The van der Waals surface area contributed by atoms with E-state index in [1.807, 2.05) is 0 Å². The largest absolute Gasteiger partial charge is 0.504 e. The Morgan fingerprint density at radius 2 is 1.12 bits per heavy atom. The summed E-state index contributed by atoms with van der Waals surface area (Å²) in [7, 11) is 3.56. The normalized spacial score (nSPS) is 12.0. The van der Waals surface area contributed by atoms with Crippen molar-refractivity contribution in [3.63, 3.8) is 0 Å². The zero-order valence-electron chi connectivity index (χ0n) is 18.6. The molecule has 14 nitrogen and oxygen atoms in total. The van der Waals surface area contributed by atoms with Gasteiger partial charge < -0.3 is 10.0 Å². The Balaban J connectivity index is 1.84. The minimum atomic E-state index is -0.246. The van der Waals surface area contributed by atoms with Crippen LogP contribution in [0.15, 0.2) is 36.8 Å². The molecule has 1 aromatic carbocycles. The van der Waals surface area contributed by atoms with Crippen molar-refractivity contribution in [2.24, 2.45) is 30.7 Å². The van der Waals surface area contributed by atoms with Gasteiger partial charge in [-0.05, 0) is 26.8 Å². The van der Waals surface area contributed by atoms with Gasteiger partial charge in [-0.25, -0.2) is 15.0 Å². The standard InChI is InChI=1S/C17H17N13OS3/c1-7-18-15(32-27-7)24-21-10-6-11(22-25-16-19-8(2)28-33-16)14(31)12(13(10)30(4)5)23-26-17-20-9(3)29-34-17/h6,31H,1-5H3. The van der Waals surface area contributed by atoms with E-state index in [4.69, 9.17) is 0 Å². The predicted molar refractivity (Wildman–Crippen MR) is 129 cm³/mol. The number of azo groups is 3. The molecule has 174 valence electrons. The van der Waals surface area contributed by atoms with E-state index >= 15 is 0 Å². The van der Waals surface area contributed by atoms with Crippen molar-refractivity contribution in [3.05, 3.63) is 23.5 Å². The van der Waals surface area contributed by atoms with Gasteiger partial charge in [-0.15, -0.1) is 30.7 Å². The van der Waals surface area contributed by atoms with Gasteiger partial charge in [0.2, 0.25) is 15.4 Å². The van der Waals surface area contributed by atoms with E-state index in [0.717, 1.165) is 34.6 Å². The number of aromatic hydroxyl groups is 1. The molecular formula is C17H17N13OS3. The minimum Gasteiger partial charge on any atom is -0.504 e. The van der Waals surface area contributed by atoms with Crippen LogP contribution < -0.4 is 4.90 Å². The van der Waals surface area contributed by atoms with E-state index in [9.17, 15) is 5.11 Å². The first kappa shape index (κ1) is 23.5. The highest BCUT2D eigenvalue weighted by Crippen LogP contribution is 2.50. The molecule has 0 fully saturated rings. The fourth-order valence-electron chi connectivity index (χ4n) is 2.58. The minimum absolute atomic E-state index is 0.100. The molecule has 0 aliphatic rings. The summed E-state index contributed by atoms with van der Waals surface area (Å²) in [5, 5.41) is 37.1. The fourth-order valence-corrected chi connectivity index (χ4v) is 4.09. The third-order valence-electron chi connectivity index (χ3n) is 3.93. The van der Waals surface area contributed by atoms with Gasteiger partial charge in [0.15, 0.2) is 11.4 Å². The van der Waals surface area contributed by atoms with Crippen LogP contribution in [0.4, 0.5) is 38.1 Å². The smallest absolute Gasteiger partial charge is 0.249 e.